The number of ether oxygens (including phenoxy) is 1. The lowest BCUT2D eigenvalue weighted by atomic mass is 10.1. The molecule has 1 amide bonds. The fraction of sp³-hybridized carbons (Fsp3) is 0.312. The molecule has 1 N–H and O–H groups in total. The molecule has 1 fully saturated rings. The smallest absolute Gasteiger partial charge is 0.225 e. The van der Waals surface area contributed by atoms with Crippen LogP contribution in [0.3, 0.4) is 0 Å². The fourth-order valence-electron chi connectivity index (χ4n) is 2.50. The van der Waals surface area contributed by atoms with Crippen LogP contribution in [0.2, 0.25) is 0 Å². The van der Waals surface area contributed by atoms with Crippen LogP contribution in [0.15, 0.2) is 30.6 Å². The number of rotatable bonds is 3. The lowest BCUT2D eigenvalue weighted by molar-refractivity contribution is -0.120. The molecular formula is C16H17FN4O2. The third kappa shape index (κ3) is 3.39. The van der Waals surface area contributed by atoms with Crippen LogP contribution in [0.4, 0.5) is 10.3 Å². The summed E-state index contributed by atoms with van der Waals surface area (Å²) < 4.78 is 18.7. The molecule has 1 aromatic carbocycles. The highest BCUT2D eigenvalue weighted by Crippen LogP contribution is 2.30. The number of carbonyl (C=O) groups excluding carboxylic acids is 1. The number of carbonyl (C=O) groups is 1. The summed E-state index contributed by atoms with van der Waals surface area (Å²) in [6.07, 6.45) is 3.70. The summed E-state index contributed by atoms with van der Waals surface area (Å²) in [5.41, 5.74) is 1.28. The van der Waals surface area contributed by atoms with Gasteiger partial charge in [0, 0.05) is 49.6 Å². The van der Waals surface area contributed by atoms with Crippen molar-refractivity contribution in [3.8, 4) is 16.9 Å². The number of anilines is 1. The number of amides is 1. The number of nitrogens with one attached hydrogen (secondary N) is 1. The normalized spacial score (nSPS) is 15.0. The standard InChI is InChI=1S/C16H17FN4O2/c1-23-14-3-2-12(17)8-13(14)11-9-19-16(20-10-11)21-6-4-15(22)18-5-7-21/h2-3,8-10H,4-7H2,1H3,(H,18,22). The Morgan fingerprint density at radius 3 is 2.78 bits per heavy atom. The zero-order chi connectivity index (χ0) is 16.2. The van der Waals surface area contributed by atoms with Crippen molar-refractivity contribution in [1.29, 1.82) is 0 Å². The van der Waals surface area contributed by atoms with Gasteiger partial charge in [0.05, 0.1) is 7.11 Å². The third-order valence-corrected chi connectivity index (χ3v) is 3.71. The molecule has 0 atom stereocenters. The predicted octanol–water partition coefficient (Wildman–Crippen LogP) is 1.62. The number of aromatic nitrogens is 2. The Bertz CT molecular complexity index is 706. The summed E-state index contributed by atoms with van der Waals surface area (Å²) in [5.74, 6) is 0.809. The minimum Gasteiger partial charge on any atom is -0.496 e. The first-order chi connectivity index (χ1) is 11.2. The second-order valence-electron chi connectivity index (χ2n) is 5.20. The summed E-state index contributed by atoms with van der Waals surface area (Å²) in [5, 5.41) is 2.81. The van der Waals surface area contributed by atoms with Crippen LogP contribution in [0.1, 0.15) is 6.42 Å². The van der Waals surface area contributed by atoms with E-state index >= 15 is 0 Å². The molecule has 23 heavy (non-hydrogen) atoms. The van der Waals surface area contributed by atoms with E-state index in [4.69, 9.17) is 4.74 Å². The predicted molar refractivity (Wildman–Crippen MR) is 83.8 cm³/mol. The second kappa shape index (κ2) is 6.60. The van der Waals surface area contributed by atoms with Crippen molar-refractivity contribution in [3.63, 3.8) is 0 Å². The van der Waals surface area contributed by atoms with Crippen molar-refractivity contribution >= 4 is 11.9 Å². The molecule has 0 saturated carbocycles. The van der Waals surface area contributed by atoms with E-state index in [-0.39, 0.29) is 11.7 Å². The summed E-state index contributed by atoms with van der Waals surface area (Å²) >= 11 is 0. The second-order valence-corrected chi connectivity index (χ2v) is 5.20. The van der Waals surface area contributed by atoms with Crippen molar-refractivity contribution < 1.29 is 13.9 Å². The summed E-state index contributed by atoms with van der Waals surface area (Å²) in [6, 6.07) is 4.31. The molecule has 0 bridgehead atoms. The average molecular weight is 316 g/mol. The summed E-state index contributed by atoms with van der Waals surface area (Å²) in [4.78, 5) is 22.0. The van der Waals surface area contributed by atoms with E-state index < -0.39 is 0 Å². The van der Waals surface area contributed by atoms with E-state index in [9.17, 15) is 9.18 Å². The molecule has 1 aromatic heterocycles. The van der Waals surface area contributed by atoms with Gasteiger partial charge in [-0.05, 0) is 18.2 Å². The Labute approximate surface area is 133 Å². The first kappa shape index (κ1) is 15.2. The monoisotopic (exact) mass is 316 g/mol. The molecule has 7 heteroatoms. The number of halogens is 1. The maximum atomic E-state index is 13.5. The van der Waals surface area contributed by atoms with Crippen LogP contribution < -0.4 is 15.0 Å². The Morgan fingerprint density at radius 2 is 2.04 bits per heavy atom. The first-order valence-corrected chi connectivity index (χ1v) is 7.35. The highest BCUT2D eigenvalue weighted by Gasteiger charge is 2.16. The van der Waals surface area contributed by atoms with Gasteiger partial charge in [-0.15, -0.1) is 0 Å². The van der Waals surface area contributed by atoms with Gasteiger partial charge in [0.2, 0.25) is 11.9 Å². The topological polar surface area (TPSA) is 67.3 Å². The number of methoxy groups -OCH3 is 1. The zero-order valence-corrected chi connectivity index (χ0v) is 12.8. The molecule has 2 aromatic rings. The minimum atomic E-state index is -0.345. The molecular weight excluding hydrogens is 299 g/mol. The Kier molecular flexibility index (Phi) is 4.36. The van der Waals surface area contributed by atoms with Crippen molar-refractivity contribution in [2.45, 2.75) is 6.42 Å². The number of benzene rings is 1. The van der Waals surface area contributed by atoms with Crippen LogP contribution in [-0.2, 0) is 4.79 Å². The van der Waals surface area contributed by atoms with E-state index in [1.807, 2.05) is 4.90 Å². The lowest BCUT2D eigenvalue weighted by Crippen LogP contribution is -2.29. The van der Waals surface area contributed by atoms with E-state index in [0.29, 0.717) is 48.9 Å². The van der Waals surface area contributed by atoms with E-state index in [1.165, 1.54) is 19.2 Å². The molecule has 6 nitrogen and oxygen atoms in total. The molecule has 120 valence electrons. The van der Waals surface area contributed by atoms with E-state index in [1.54, 1.807) is 18.5 Å². The highest BCUT2D eigenvalue weighted by molar-refractivity contribution is 5.77. The maximum Gasteiger partial charge on any atom is 0.225 e. The third-order valence-electron chi connectivity index (χ3n) is 3.71. The van der Waals surface area contributed by atoms with Gasteiger partial charge in [0.15, 0.2) is 0 Å². The van der Waals surface area contributed by atoms with Crippen LogP contribution in [0, 0.1) is 5.82 Å². The zero-order valence-electron chi connectivity index (χ0n) is 12.8. The van der Waals surface area contributed by atoms with Crippen LogP contribution >= 0.6 is 0 Å². The Hall–Kier alpha value is -2.70. The number of nitrogens with zero attached hydrogens (tertiary/aromatic N) is 3. The number of hydrogen-bond donors (Lipinski definition) is 1. The first-order valence-electron chi connectivity index (χ1n) is 7.35. The Morgan fingerprint density at radius 1 is 1.26 bits per heavy atom. The quantitative estimate of drug-likeness (QED) is 0.932. The van der Waals surface area contributed by atoms with E-state index in [2.05, 4.69) is 15.3 Å². The van der Waals surface area contributed by atoms with Crippen molar-refractivity contribution in [3.05, 3.63) is 36.4 Å². The maximum absolute atomic E-state index is 13.5. The summed E-state index contributed by atoms with van der Waals surface area (Å²) in [6.45, 7) is 1.81. The largest absolute Gasteiger partial charge is 0.496 e. The van der Waals surface area contributed by atoms with Gasteiger partial charge in [-0.3, -0.25) is 4.79 Å². The van der Waals surface area contributed by atoms with Gasteiger partial charge in [0.25, 0.3) is 0 Å². The molecule has 3 rings (SSSR count). The average Bonchev–Trinajstić information content (AvgIpc) is 2.80. The molecule has 0 radical (unpaired) electrons. The number of hydrogen-bond acceptors (Lipinski definition) is 5. The minimum absolute atomic E-state index is 0.0358. The van der Waals surface area contributed by atoms with Gasteiger partial charge < -0.3 is 15.0 Å². The molecule has 1 aliphatic heterocycles. The molecule has 1 saturated heterocycles. The Balaban J connectivity index is 1.85. The highest BCUT2D eigenvalue weighted by atomic mass is 19.1. The van der Waals surface area contributed by atoms with Gasteiger partial charge >= 0.3 is 0 Å². The molecule has 2 heterocycles. The van der Waals surface area contributed by atoms with Gasteiger partial charge in [-0.1, -0.05) is 0 Å². The van der Waals surface area contributed by atoms with Gasteiger partial charge in [-0.25, -0.2) is 14.4 Å². The molecule has 0 spiro atoms. The molecule has 0 unspecified atom stereocenters. The van der Waals surface area contributed by atoms with Gasteiger partial charge in [0.1, 0.15) is 11.6 Å². The van der Waals surface area contributed by atoms with Crippen LogP contribution in [0.5, 0.6) is 5.75 Å². The fourth-order valence-corrected chi connectivity index (χ4v) is 2.50. The van der Waals surface area contributed by atoms with Gasteiger partial charge in [-0.2, -0.15) is 0 Å². The SMILES string of the molecule is COc1ccc(F)cc1-c1cnc(N2CCNC(=O)CC2)nc1. The molecule has 1 aliphatic rings. The van der Waals surface area contributed by atoms with Crippen molar-refractivity contribution in [2.24, 2.45) is 0 Å². The summed E-state index contributed by atoms with van der Waals surface area (Å²) in [7, 11) is 1.53. The van der Waals surface area contributed by atoms with E-state index in [0.717, 1.165) is 0 Å². The molecule has 0 aliphatic carbocycles. The van der Waals surface area contributed by atoms with Crippen molar-refractivity contribution in [1.82, 2.24) is 15.3 Å². The van der Waals surface area contributed by atoms with Crippen molar-refractivity contribution in [2.75, 3.05) is 31.6 Å². The van der Waals surface area contributed by atoms with Crippen LogP contribution in [0.25, 0.3) is 11.1 Å². The van der Waals surface area contributed by atoms with Crippen LogP contribution in [-0.4, -0.2) is 42.6 Å². The lowest BCUT2D eigenvalue weighted by Gasteiger charge is -2.19.